The topological polar surface area (TPSA) is 387 Å². The summed E-state index contributed by atoms with van der Waals surface area (Å²) in [5.74, 6) is -2.41. The SMILES string of the molecule is C.C.CC1Sc2c(C(=O)O)c(=O)c3cc(F)c(N4CCNCC4)cc3n21.Cc1ccc(S(=O)(=O)OCCn2c([N+](=O)[O-])cnc2C)cc1.Cc1ncc([N+](=O)[O-])n1CCN1CCN(c2cc3c(cc2F)c(=O)c(C(=O)O)c2n3C(C)S2)CC1.Cc1ncc([N+](=O)[O-])n1CCO.I.I[I-]I. The minimum absolute atomic E-state index is 0. The molecular formula is C59H72F2I4N15O16S3-. The van der Waals surface area contributed by atoms with Gasteiger partial charge in [-0.25, -0.2) is 47.0 Å². The van der Waals surface area contributed by atoms with Gasteiger partial charge in [0.2, 0.25) is 10.9 Å². The molecule has 40 heteroatoms. The number of imidazole rings is 3. The number of piperazine rings is 2. The Balaban J connectivity index is 0.000000245. The van der Waals surface area contributed by atoms with Crippen LogP contribution in [0.5, 0.6) is 0 Å². The standard InChI is InChI=1S/C22H23FN6O5S.C16H16FN3O3S.C13H15N3O5S.C6H9N3O3.2CH4.I3.HI/c1-12-24-11-18(29(33)34)27(12)8-5-25-3-6-26(7-4-25)17-10-16-14(9-15(17)23)20(30)19(22(31)32)21-28(16)13(2)35-21;1-8-20-11-7-12(19-4-2-18-3-5-19)10(17)6-9(11)14(21)13(16(22)23)15(20)24-8;1-10-3-5-12(6-4-10)22(19,20)21-8-7-15-11(2)14-9-13(15)16(17)18;1-5-7-4-6(9(11)12)8(5)2-3-10;;;1-3-2;/h9-11,13H,3-8H2,1-2H3,(H,31,32);6-8,18H,2-5H2,1H3,(H,22,23);3-6,9H,7-8H2,1-2H3;4,10H,2-3H2,1H3;2*1H4;;1H/q;;;;;;-1;. The van der Waals surface area contributed by atoms with Gasteiger partial charge in [0, 0.05) is 90.4 Å². The normalized spacial score (nSPS) is 15.2. The van der Waals surface area contributed by atoms with Crippen molar-refractivity contribution in [3.8, 4) is 0 Å². The predicted molar refractivity (Wildman–Crippen MR) is 394 cm³/mol. The molecule has 4 aliphatic heterocycles. The predicted octanol–water partition coefficient (Wildman–Crippen LogP) is 7.14. The number of aromatic carboxylic acids is 2. The molecule has 2 unspecified atom stereocenters. The number of thioether (sulfide) groups is 2. The molecule has 2 saturated heterocycles. The summed E-state index contributed by atoms with van der Waals surface area (Å²) in [5, 5.41) is 64.0. The summed E-state index contributed by atoms with van der Waals surface area (Å²) in [6, 6.07) is 11.9. The number of aromatic nitrogens is 8. The third-order valence-electron chi connectivity index (χ3n) is 15.8. The number of aryl methyl sites for hydroxylation is 4. The van der Waals surface area contributed by atoms with Crippen LogP contribution >= 0.6 is 84.7 Å². The quantitative estimate of drug-likeness (QED) is 0.0304. The Morgan fingerprint density at radius 1 is 0.657 bits per heavy atom. The first-order valence-corrected chi connectivity index (χ1v) is 44.8. The van der Waals surface area contributed by atoms with Crippen molar-refractivity contribution >= 4 is 157 Å². The molecule has 0 aliphatic carbocycles. The molecule has 2 atom stereocenters. The first-order valence-electron chi connectivity index (χ1n) is 29.0. The number of aliphatic hydroxyl groups is 1. The molecule has 8 aromatic rings. The summed E-state index contributed by atoms with van der Waals surface area (Å²) in [7, 11) is -3.88. The second-order valence-electron chi connectivity index (χ2n) is 21.6. The van der Waals surface area contributed by atoms with Crippen LogP contribution < -0.4 is 39.2 Å². The summed E-state index contributed by atoms with van der Waals surface area (Å²) >= 11 is 7.96. The molecule has 0 amide bonds. The fourth-order valence-corrected chi connectivity index (χ4v) is 14.2. The number of nitrogens with one attached hydrogen (secondary N) is 1. The molecule has 540 valence electrons. The van der Waals surface area contributed by atoms with Gasteiger partial charge < -0.3 is 69.9 Å². The van der Waals surface area contributed by atoms with E-state index in [0.29, 0.717) is 116 Å². The average molecular weight is 1890 g/mol. The van der Waals surface area contributed by atoms with E-state index in [4.69, 9.17) is 9.29 Å². The van der Waals surface area contributed by atoms with Crippen LogP contribution in [0, 0.1) is 69.7 Å². The van der Waals surface area contributed by atoms with E-state index < -0.39 is 59.3 Å². The summed E-state index contributed by atoms with van der Waals surface area (Å²) in [6.45, 7) is 16.9. The van der Waals surface area contributed by atoms with Gasteiger partial charge >= 0.3 is 79.9 Å². The van der Waals surface area contributed by atoms with Crippen molar-refractivity contribution in [3.63, 3.8) is 0 Å². The van der Waals surface area contributed by atoms with Crippen molar-refractivity contribution in [2.45, 2.75) is 102 Å². The van der Waals surface area contributed by atoms with Crippen molar-refractivity contribution in [2.24, 2.45) is 0 Å². The zero-order valence-electron chi connectivity index (χ0n) is 52.3. The Bertz CT molecular complexity index is 4530. The Morgan fingerprint density at radius 2 is 1.04 bits per heavy atom. The molecule has 3 aromatic carbocycles. The van der Waals surface area contributed by atoms with Crippen molar-refractivity contribution in [3.05, 3.63) is 164 Å². The van der Waals surface area contributed by atoms with E-state index in [9.17, 15) is 72.5 Å². The number of halogens is 6. The zero-order chi connectivity index (χ0) is 70.2. The van der Waals surface area contributed by atoms with Crippen molar-refractivity contribution < 1.29 is 74.3 Å². The van der Waals surface area contributed by atoms with Crippen molar-refractivity contribution in [2.75, 3.05) is 81.9 Å². The number of nitro groups is 3. The number of anilines is 2. The number of aliphatic hydroxyl groups excluding tert-OH is 1. The average Bonchev–Trinajstić information content (AvgIpc) is 1.41. The fourth-order valence-electron chi connectivity index (χ4n) is 11.0. The van der Waals surface area contributed by atoms with E-state index >= 15 is 4.39 Å². The van der Waals surface area contributed by atoms with Gasteiger partial charge in [-0.15, -0.1) is 24.0 Å². The Kier molecular flexibility index (Phi) is 30.8. The van der Waals surface area contributed by atoms with E-state index in [2.05, 4.69) is 62.4 Å². The van der Waals surface area contributed by atoms with Crippen molar-refractivity contribution in [1.29, 1.82) is 0 Å². The first kappa shape index (κ1) is 83.4. The number of benzene rings is 3. The first-order chi connectivity index (χ1) is 45.5. The van der Waals surface area contributed by atoms with Gasteiger partial charge in [0.25, 0.3) is 10.1 Å². The third kappa shape index (κ3) is 18.9. The van der Waals surface area contributed by atoms with E-state index in [1.807, 2.05) is 35.1 Å². The van der Waals surface area contributed by atoms with E-state index in [1.54, 1.807) is 54.2 Å². The van der Waals surface area contributed by atoms with Crippen molar-refractivity contribution in [1.82, 2.24) is 48.0 Å². The molecular weight excluding hydrogens is 1820 g/mol. The molecule has 0 bridgehead atoms. The van der Waals surface area contributed by atoms with Crippen LogP contribution in [0.1, 0.15) is 83.2 Å². The number of pyridine rings is 2. The van der Waals surface area contributed by atoms with E-state index in [0.717, 1.165) is 30.9 Å². The molecule has 0 radical (unpaired) electrons. The Morgan fingerprint density at radius 3 is 1.41 bits per heavy atom. The van der Waals surface area contributed by atoms with Gasteiger partial charge in [-0.3, -0.25) is 18.7 Å². The Labute approximate surface area is 621 Å². The molecule has 31 nitrogen and oxygen atoms in total. The van der Waals surface area contributed by atoms with Crippen LogP contribution in [0.2, 0.25) is 0 Å². The molecule has 9 heterocycles. The van der Waals surface area contributed by atoms with Gasteiger partial charge in [0.15, 0.2) is 17.5 Å². The number of rotatable bonds is 17. The molecule has 2 fully saturated rings. The molecule has 0 spiro atoms. The summed E-state index contributed by atoms with van der Waals surface area (Å²) in [5.41, 5.74) is 1.04. The number of carboxylic acid groups (broad SMARTS) is 2. The second-order valence-corrected chi connectivity index (χ2v) is 42.1. The van der Waals surface area contributed by atoms with Gasteiger partial charge in [-0.05, 0) is 71.9 Å². The maximum atomic E-state index is 15.1. The Hall–Kier alpha value is -6.28. The van der Waals surface area contributed by atoms with Gasteiger partial charge in [-0.2, -0.15) is 8.42 Å². The molecule has 12 rings (SSSR count). The van der Waals surface area contributed by atoms with Crippen LogP contribution in [-0.2, 0) is 33.9 Å². The number of carbonyl (C=O) groups is 2. The van der Waals surface area contributed by atoms with E-state index in [-0.39, 0.29) is 120 Å². The third-order valence-corrected chi connectivity index (χ3v) is 19.5. The van der Waals surface area contributed by atoms with Crippen LogP contribution in [0.4, 0.5) is 37.6 Å². The number of hydrogen-bond donors (Lipinski definition) is 4. The zero-order valence-corrected chi connectivity index (χ0v) is 63.6. The van der Waals surface area contributed by atoms with Crippen LogP contribution in [0.25, 0.3) is 21.8 Å². The number of nitrogens with zero attached hydrogens (tertiary/aromatic N) is 14. The summed E-state index contributed by atoms with van der Waals surface area (Å²) < 4.78 is 66.5. The molecule has 5 aromatic heterocycles. The monoisotopic (exact) mass is 1890 g/mol. The number of fused-ring (bicyclic) bond motifs is 6. The van der Waals surface area contributed by atoms with E-state index in [1.165, 1.54) is 63.3 Å². The van der Waals surface area contributed by atoms with Gasteiger partial charge in [0.05, 0.1) is 54.7 Å². The van der Waals surface area contributed by atoms with Crippen LogP contribution in [-0.4, -0.2) is 165 Å². The number of hydrogen-bond acceptors (Lipinski definition) is 23. The number of carboxylic acids is 2. The maximum absolute atomic E-state index is 15.1. The second kappa shape index (κ2) is 36.5. The molecule has 4 aliphatic rings. The van der Waals surface area contributed by atoms with Crippen LogP contribution in [0.15, 0.2) is 91.7 Å². The van der Waals surface area contributed by atoms with Gasteiger partial charge in [-0.1, -0.05) is 56.1 Å². The van der Waals surface area contributed by atoms with Gasteiger partial charge in [0.1, 0.15) is 67.6 Å². The summed E-state index contributed by atoms with van der Waals surface area (Å²) in [4.78, 5) is 96.9. The molecule has 4 N–H and O–H groups in total. The fraction of sp³-hybridized carbons (Fsp3) is 0.407. The molecule has 99 heavy (non-hydrogen) atoms. The molecule has 0 saturated carbocycles. The van der Waals surface area contributed by atoms with Crippen LogP contribution in [0.3, 0.4) is 0 Å². The summed E-state index contributed by atoms with van der Waals surface area (Å²) in [6.07, 6.45) is 3.57. The minimum atomic E-state index is -3.88.